The number of cyclic esters (lactones) is 1. The van der Waals surface area contributed by atoms with Gasteiger partial charge >= 0.3 is 18.0 Å². The Labute approximate surface area is 134 Å². The minimum atomic E-state index is -0.886. The highest BCUT2D eigenvalue weighted by Crippen LogP contribution is 2.14. The number of ether oxygens (including phenoxy) is 2. The van der Waals surface area contributed by atoms with Crippen LogP contribution in [0.3, 0.4) is 0 Å². The number of anilines is 1. The molecule has 0 saturated carbocycles. The molecule has 0 radical (unpaired) electrons. The number of nitrogens with one attached hydrogen (secondary N) is 2. The van der Waals surface area contributed by atoms with E-state index in [1.165, 1.54) is 0 Å². The molecule has 1 aromatic carbocycles. The van der Waals surface area contributed by atoms with Crippen molar-refractivity contribution in [3.05, 3.63) is 30.3 Å². The van der Waals surface area contributed by atoms with E-state index in [-0.39, 0.29) is 12.5 Å². The minimum absolute atomic E-state index is 0.193. The van der Waals surface area contributed by atoms with Gasteiger partial charge in [-0.25, -0.2) is 14.4 Å². The average molecular weight is 320 g/mol. The Morgan fingerprint density at radius 3 is 2.52 bits per heavy atom. The molecule has 0 unspecified atom stereocenters. The molecule has 1 aliphatic heterocycles. The molecule has 7 heteroatoms. The third kappa shape index (κ3) is 4.70. The SMILES string of the molecule is CC(C)[C@@H](NC(=O)Nc1ccccc1)C(=O)O[C@H]1CCOC1=O. The molecule has 2 amide bonds. The number of amides is 2. The Bertz CT molecular complexity index is 573. The fourth-order valence-corrected chi connectivity index (χ4v) is 2.13. The zero-order valence-corrected chi connectivity index (χ0v) is 13.1. The quantitative estimate of drug-likeness (QED) is 0.805. The molecule has 2 N–H and O–H groups in total. The maximum absolute atomic E-state index is 12.2. The Kier molecular flexibility index (Phi) is 5.56. The first-order valence-corrected chi connectivity index (χ1v) is 7.47. The highest BCUT2D eigenvalue weighted by Gasteiger charge is 2.34. The predicted molar refractivity (Wildman–Crippen MR) is 82.7 cm³/mol. The third-order valence-electron chi connectivity index (χ3n) is 3.38. The summed E-state index contributed by atoms with van der Waals surface area (Å²) in [6, 6.07) is 7.50. The number of hydrogen-bond acceptors (Lipinski definition) is 5. The van der Waals surface area contributed by atoms with Crippen LogP contribution in [-0.2, 0) is 19.1 Å². The summed E-state index contributed by atoms with van der Waals surface area (Å²) in [7, 11) is 0. The van der Waals surface area contributed by atoms with Gasteiger partial charge in [-0.15, -0.1) is 0 Å². The molecule has 1 aromatic rings. The van der Waals surface area contributed by atoms with Crippen molar-refractivity contribution >= 4 is 23.7 Å². The van der Waals surface area contributed by atoms with E-state index in [1.807, 2.05) is 6.07 Å². The summed E-state index contributed by atoms with van der Waals surface area (Å²) < 4.78 is 9.89. The van der Waals surface area contributed by atoms with Crippen LogP contribution < -0.4 is 10.6 Å². The Hall–Kier alpha value is -2.57. The van der Waals surface area contributed by atoms with Gasteiger partial charge in [0.15, 0.2) is 0 Å². The molecule has 0 bridgehead atoms. The normalized spacial score (nSPS) is 18.2. The number of rotatable bonds is 5. The van der Waals surface area contributed by atoms with Crippen LogP contribution >= 0.6 is 0 Å². The van der Waals surface area contributed by atoms with E-state index >= 15 is 0 Å². The molecule has 1 saturated heterocycles. The molecular formula is C16H20N2O5. The highest BCUT2D eigenvalue weighted by molar-refractivity contribution is 5.93. The van der Waals surface area contributed by atoms with Crippen LogP contribution in [0.2, 0.25) is 0 Å². The largest absolute Gasteiger partial charge is 0.463 e. The van der Waals surface area contributed by atoms with Crippen LogP contribution in [0, 0.1) is 5.92 Å². The van der Waals surface area contributed by atoms with Crippen molar-refractivity contribution in [1.29, 1.82) is 0 Å². The van der Waals surface area contributed by atoms with Gasteiger partial charge in [-0.2, -0.15) is 0 Å². The van der Waals surface area contributed by atoms with Crippen molar-refractivity contribution in [2.24, 2.45) is 5.92 Å². The van der Waals surface area contributed by atoms with E-state index in [1.54, 1.807) is 38.1 Å². The Balaban J connectivity index is 1.93. The summed E-state index contributed by atoms with van der Waals surface area (Å²) in [5.41, 5.74) is 0.611. The highest BCUT2D eigenvalue weighted by atomic mass is 16.6. The number of hydrogen-bond donors (Lipinski definition) is 2. The number of carbonyl (C=O) groups is 3. The van der Waals surface area contributed by atoms with Gasteiger partial charge in [0, 0.05) is 12.1 Å². The van der Waals surface area contributed by atoms with Crippen LogP contribution in [0.1, 0.15) is 20.3 Å². The van der Waals surface area contributed by atoms with Gasteiger partial charge < -0.3 is 20.1 Å². The van der Waals surface area contributed by atoms with Gasteiger partial charge in [0.1, 0.15) is 6.04 Å². The van der Waals surface area contributed by atoms with Gasteiger partial charge in [-0.3, -0.25) is 0 Å². The number of carbonyl (C=O) groups excluding carboxylic acids is 3. The lowest BCUT2D eigenvalue weighted by Crippen LogP contribution is -2.48. The molecule has 0 aromatic heterocycles. The van der Waals surface area contributed by atoms with E-state index in [0.717, 1.165) is 0 Å². The number of para-hydroxylation sites is 1. The van der Waals surface area contributed by atoms with Gasteiger partial charge in [-0.1, -0.05) is 32.0 Å². The Morgan fingerprint density at radius 2 is 1.96 bits per heavy atom. The van der Waals surface area contributed by atoms with Crippen molar-refractivity contribution in [2.75, 3.05) is 11.9 Å². The van der Waals surface area contributed by atoms with Gasteiger partial charge in [-0.05, 0) is 18.1 Å². The minimum Gasteiger partial charge on any atom is -0.463 e. The fraction of sp³-hybridized carbons (Fsp3) is 0.438. The summed E-state index contributed by atoms with van der Waals surface area (Å²) in [6.45, 7) is 3.80. The zero-order valence-electron chi connectivity index (χ0n) is 13.1. The average Bonchev–Trinajstić information content (AvgIpc) is 2.90. The van der Waals surface area contributed by atoms with Gasteiger partial charge in [0.25, 0.3) is 0 Å². The lowest BCUT2D eigenvalue weighted by Gasteiger charge is -2.22. The summed E-state index contributed by atoms with van der Waals surface area (Å²) >= 11 is 0. The third-order valence-corrected chi connectivity index (χ3v) is 3.38. The lowest BCUT2D eigenvalue weighted by atomic mass is 10.0. The molecule has 1 fully saturated rings. The van der Waals surface area contributed by atoms with E-state index < -0.39 is 30.1 Å². The smallest absolute Gasteiger partial charge is 0.347 e. The standard InChI is InChI=1S/C16H20N2O5/c1-10(2)13(15(20)23-12-8-9-22-14(12)19)18-16(21)17-11-6-4-3-5-7-11/h3-7,10,12-13H,8-9H2,1-2H3,(H2,17,18,21)/t12-,13+/m0/s1. The number of urea groups is 1. The van der Waals surface area contributed by atoms with Crippen molar-refractivity contribution in [1.82, 2.24) is 5.32 Å². The molecule has 124 valence electrons. The Morgan fingerprint density at radius 1 is 1.26 bits per heavy atom. The fourth-order valence-electron chi connectivity index (χ4n) is 2.13. The first-order valence-electron chi connectivity index (χ1n) is 7.47. The second kappa shape index (κ2) is 7.62. The summed E-state index contributed by atoms with van der Waals surface area (Å²) in [6.07, 6.45) is -0.547. The maximum Gasteiger partial charge on any atom is 0.347 e. The van der Waals surface area contributed by atoms with Gasteiger partial charge in [0.2, 0.25) is 6.10 Å². The van der Waals surface area contributed by atoms with Gasteiger partial charge in [0.05, 0.1) is 6.61 Å². The second-order valence-corrected chi connectivity index (χ2v) is 5.57. The molecule has 1 heterocycles. The van der Waals surface area contributed by atoms with Crippen LogP contribution in [-0.4, -0.2) is 36.7 Å². The second-order valence-electron chi connectivity index (χ2n) is 5.57. The van der Waals surface area contributed by atoms with Crippen LogP contribution in [0.4, 0.5) is 10.5 Å². The predicted octanol–water partition coefficient (Wildman–Crippen LogP) is 1.69. The number of esters is 2. The van der Waals surface area contributed by atoms with Crippen molar-refractivity contribution in [2.45, 2.75) is 32.4 Å². The molecule has 2 atom stereocenters. The molecule has 2 rings (SSSR count). The molecular weight excluding hydrogens is 300 g/mol. The lowest BCUT2D eigenvalue weighted by molar-refractivity contribution is -0.162. The van der Waals surface area contributed by atoms with E-state index in [2.05, 4.69) is 10.6 Å². The zero-order chi connectivity index (χ0) is 16.8. The molecule has 1 aliphatic rings. The van der Waals surface area contributed by atoms with Crippen molar-refractivity contribution in [3.8, 4) is 0 Å². The summed E-state index contributed by atoms with van der Waals surface area (Å²) in [5, 5.41) is 5.21. The first kappa shape index (κ1) is 16.8. The maximum atomic E-state index is 12.2. The van der Waals surface area contributed by atoms with E-state index in [4.69, 9.17) is 9.47 Å². The topological polar surface area (TPSA) is 93.7 Å². The molecule has 0 spiro atoms. The molecule has 0 aliphatic carbocycles. The van der Waals surface area contributed by atoms with Crippen LogP contribution in [0.25, 0.3) is 0 Å². The first-order chi connectivity index (χ1) is 11.0. The molecule has 23 heavy (non-hydrogen) atoms. The molecule has 7 nitrogen and oxygen atoms in total. The number of benzene rings is 1. The van der Waals surface area contributed by atoms with E-state index in [9.17, 15) is 14.4 Å². The van der Waals surface area contributed by atoms with Crippen LogP contribution in [0.15, 0.2) is 30.3 Å². The summed E-state index contributed by atoms with van der Waals surface area (Å²) in [5.74, 6) is -1.39. The van der Waals surface area contributed by atoms with Crippen molar-refractivity contribution < 1.29 is 23.9 Å². The monoisotopic (exact) mass is 320 g/mol. The summed E-state index contributed by atoms with van der Waals surface area (Å²) in [4.78, 5) is 35.6. The van der Waals surface area contributed by atoms with E-state index in [0.29, 0.717) is 12.1 Å². The van der Waals surface area contributed by atoms with Crippen LogP contribution in [0.5, 0.6) is 0 Å². The van der Waals surface area contributed by atoms with Crippen molar-refractivity contribution in [3.63, 3.8) is 0 Å².